The molecule has 8 nitrogen and oxygen atoms in total. The lowest BCUT2D eigenvalue weighted by atomic mass is 10.1. The fraction of sp³-hybridized carbons (Fsp3) is 0.476. The van der Waals surface area contributed by atoms with Crippen molar-refractivity contribution in [3.05, 3.63) is 47.3 Å². The van der Waals surface area contributed by atoms with E-state index >= 15 is 0 Å². The SMILES string of the molecule is CCNC(=NCc1ccc(N2CCNC(=O)C2)cc1)NCc1cc(C(C)C)no1.I. The zero-order valence-corrected chi connectivity index (χ0v) is 20.1. The molecule has 3 N–H and O–H groups in total. The summed E-state index contributed by atoms with van der Waals surface area (Å²) in [5.41, 5.74) is 3.12. The smallest absolute Gasteiger partial charge is 0.239 e. The summed E-state index contributed by atoms with van der Waals surface area (Å²) in [7, 11) is 0. The van der Waals surface area contributed by atoms with Gasteiger partial charge < -0.3 is 25.4 Å². The summed E-state index contributed by atoms with van der Waals surface area (Å²) < 4.78 is 5.37. The van der Waals surface area contributed by atoms with E-state index in [1.54, 1.807) is 0 Å². The molecule has 2 heterocycles. The number of hydrogen-bond donors (Lipinski definition) is 3. The number of nitrogens with zero attached hydrogens (tertiary/aromatic N) is 3. The van der Waals surface area contributed by atoms with Crippen LogP contribution >= 0.6 is 24.0 Å². The van der Waals surface area contributed by atoms with Gasteiger partial charge in [0.2, 0.25) is 5.91 Å². The van der Waals surface area contributed by atoms with Gasteiger partial charge in [-0.15, -0.1) is 24.0 Å². The van der Waals surface area contributed by atoms with Gasteiger partial charge in [0.25, 0.3) is 0 Å². The number of guanidine groups is 1. The van der Waals surface area contributed by atoms with Gasteiger partial charge in [-0.2, -0.15) is 0 Å². The Morgan fingerprint density at radius 2 is 2.07 bits per heavy atom. The molecule has 1 saturated heterocycles. The summed E-state index contributed by atoms with van der Waals surface area (Å²) in [6.07, 6.45) is 0. The molecule has 0 unspecified atom stereocenters. The van der Waals surface area contributed by atoms with E-state index in [-0.39, 0.29) is 29.9 Å². The molecule has 1 amide bonds. The van der Waals surface area contributed by atoms with Crippen molar-refractivity contribution in [1.82, 2.24) is 21.1 Å². The van der Waals surface area contributed by atoms with Gasteiger partial charge in [0.05, 0.1) is 25.3 Å². The summed E-state index contributed by atoms with van der Waals surface area (Å²) in [5.74, 6) is 1.93. The predicted molar refractivity (Wildman–Crippen MR) is 129 cm³/mol. The topological polar surface area (TPSA) is 94.8 Å². The first-order valence-corrected chi connectivity index (χ1v) is 10.1. The Hall–Kier alpha value is -2.30. The first-order chi connectivity index (χ1) is 14.0. The van der Waals surface area contributed by atoms with E-state index in [0.29, 0.717) is 32.1 Å². The van der Waals surface area contributed by atoms with Gasteiger partial charge in [-0.05, 0) is 30.5 Å². The summed E-state index contributed by atoms with van der Waals surface area (Å²) in [4.78, 5) is 18.3. The largest absolute Gasteiger partial charge is 0.360 e. The molecule has 30 heavy (non-hydrogen) atoms. The number of anilines is 1. The molecule has 164 valence electrons. The second kappa shape index (κ2) is 11.8. The quantitative estimate of drug-likeness (QED) is 0.292. The lowest BCUT2D eigenvalue weighted by molar-refractivity contribution is -0.120. The third-order valence-corrected chi connectivity index (χ3v) is 4.70. The number of carbonyl (C=O) groups excluding carboxylic acids is 1. The second-order valence-corrected chi connectivity index (χ2v) is 7.36. The first-order valence-electron chi connectivity index (χ1n) is 10.1. The van der Waals surface area contributed by atoms with Crippen LogP contribution < -0.4 is 20.9 Å². The number of nitrogens with one attached hydrogen (secondary N) is 3. The lowest BCUT2D eigenvalue weighted by Gasteiger charge is -2.28. The molecular weight excluding hydrogens is 495 g/mol. The number of carbonyl (C=O) groups is 1. The maximum absolute atomic E-state index is 11.6. The third-order valence-electron chi connectivity index (χ3n) is 4.70. The molecule has 1 aliphatic heterocycles. The van der Waals surface area contributed by atoms with E-state index in [2.05, 4.69) is 57.0 Å². The van der Waals surface area contributed by atoms with Crippen molar-refractivity contribution in [1.29, 1.82) is 0 Å². The molecule has 2 aromatic rings. The van der Waals surface area contributed by atoms with Crippen LogP contribution in [0.15, 0.2) is 39.8 Å². The number of aromatic nitrogens is 1. The van der Waals surface area contributed by atoms with Crippen LogP contribution in [0, 0.1) is 0 Å². The molecule has 0 bridgehead atoms. The van der Waals surface area contributed by atoms with E-state index in [1.165, 1.54) is 0 Å². The van der Waals surface area contributed by atoms with Crippen LogP contribution in [0.1, 0.15) is 43.7 Å². The Bertz CT molecular complexity index is 834. The number of piperazine rings is 1. The zero-order valence-electron chi connectivity index (χ0n) is 17.8. The number of halogens is 1. The maximum atomic E-state index is 11.6. The Balaban J connectivity index is 0.00000320. The molecular formula is C21H31IN6O2. The van der Waals surface area contributed by atoms with Gasteiger partial charge in [0.1, 0.15) is 0 Å². The van der Waals surface area contributed by atoms with E-state index < -0.39 is 0 Å². The Morgan fingerprint density at radius 3 is 2.70 bits per heavy atom. The number of rotatable bonds is 7. The summed E-state index contributed by atoms with van der Waals surface area (Å²) in [5, 5.41) is 13.5. The van der Waals surface area contributed by atoms with Gasteiger partial charge in [-0.1, -0.05) is 31.1 Å². The highest BCUT2D eigenvalue weighted by Crippen LogP contribution is 2.17. The number of amides is 1. The molecule has 1 fully saturated rings. The number of hydrogen-bond acceptors (Lipinski definition) is 5. The summed E-state index contributed by atoms with van der Waals surface area (Å²) >= 11 is 0. The number of benzene rings is 1. The highest BCUT2D eigenvalue weighted by Gasteiger charge is 2.16. The minimum Gasteiger partial charge on any atom is -0.360 e. The van der Waals surface area contributed by atoms with Crippen molar-refractivity contribution in [2.75, 3.05) is 31.1 Å². The van der Waals surface area contributed by atoms with Crippen LogP contribution in [-0.4, -0.2) is 43.2 Å². The Kier molecular flexibility index (Phi) is 9.41. The van der Waals surface area contributed by atoms with E-state index in [9.17, 15) is 4.79 Å². The minimum atomic E-state index is 0. The standard InChI is InChI=1S/C21H30N6O2.HI/c1-4-22-21(25-13-18-11-19(15(2)3)26-29-18)24-12-16-5-7-17(8-6-16)27-10-9-23-20(28)14-27;/h5-8,11,15H,4,9-10,12-14H2,1-3H3,(H,23,28)(H2,22,24,25);1H. The average Bonchev–Trinajstić information content (AvgIpc) is 3.20. The van der Waals surface area contributed by atoms with Crippen molar-refractivity contribution in [2.24, 2.45) is 4.99 Å². The second-order valence-electron chi connectivity index (χ2n) is 7.36. The molecule has 1 aliphatic rings. The van der Waals surface area contributed by atoms with Gasteiger partial charge in [0.15, 0.2) is 11.7 Å². The van der Waals surface area contributed by atoms with Gasteiger partial charge in [-0.25, -0.2) is 4.99 Å². The van der Waals surface area contributed by atoms with Crippen molar-refractivity contribution >= 4 is 41.5 Å². The van der Waals surface area contributed by atoms with Crippen LogP contribution in [0.25, 0.3) is 0 Å². The monoisotopic (exact) mass is 526 g/mol. The lowest BCUT2D eigenvalue weighted by Crippen LogP contribution is -2.47. The van der Waals surface area contributed by atoms with E-state index in [0.717, 1.165) is 41.8 Å². The highest BCUT2D eigenvalue weighted by atomic mass is 127. The summed E-state index contributed by atoms with van der Waals surface area (Å²) in [6, 6.07) is 10.2. The molecule has 0 saturated carbocycles. The Labute approximate surface area is 194 Å². The minimum absolute atomic E-state index is 0. The van der Waals surface area contributed by atoms with Crippen LogP contribution in [0.4, 0.5) is 5.69 Å². The molecule has 1 aromatic carbocycles. The molecule has 0 spiro atoms. The number of aliphatic imine (C=N–C) groups is 1. The molecule has 3 rings (SSSR count). The normalized spacial score (nSPS) is 14.3. The van der Waals surface area contributed by atoms with Gasteiger partial charge in [0, 0.05) is 31.4 Å². The zero-order chi connectivity index (χ0) is 20.6. The van der Waals surface area contributed by atoms with Crippen molar-refractivity contribution in [2.45, 2.75) is 39.8 Å². The average molecular weight is 526 g/mol. The fourth-order valence-corrected chi connectivity index (χ4v) is 3.04. The Morgan fingerprint density at radius 1 is 1.30 bits per heavy atom. The van der Waals surface area contributed by atoms with Crippen molar-refractivity contribution in [3.8, 4) is 0 Å². The summed E-state index contributed by atoms with van der Waals surface area (Å²) in [6.45, 7) is 10.0. The first kappa shape index (κ1) is 24.0. The molecule has 0 radical (unpaired) electrons. The van der Waals surface area contributed by atoms with Crippen molar-refractivity contribution < 1.29 is 9.32 Å². The highest BCUT2D eigenvalue weighted by molar-refractivity contribution is 14.0. The van der Waals surface area contributed by atoms with Crippen LogP contribution in [0.5, 0.6) is 0 Å². The molecule has 0 atom stereocenters. The molecule has 1 aromatic heterocycles. The molecule has 0 aliphatic carbocycles. The third kappa shape index (κ3) is 6.89. The van der Waals surface area contributed by atoms with E-state index in [4.69, 9.17) is 4.52 Å². The van der Waals surface area contributed by atoms with Crippen LogP contribution in [0.2, 0.25) is 0 Å². The van der Waals surface area contributed by atoms with Gasteiger partial charge in [-0.3, -0.25) is 4.79 Å². The van der Waals surface area contributed by atoms with Gasteiger partial charge >= 0.3 is 0 Å². The fourth-order valence-electron chi connectivity index (χ4n) is 3.04. The molecule has 9 heteroatoms. The van der Waals surface area contributed by atoms with Crippen LogP contribution in [-0.2, 0) is 17.9 Å². The van der Waals surface area contributed by atoms with E-state index in [1.807, 2.05) is 25.1 Å². The maximum Gasteiger partial charge on any atom is 0.239 e. The van der Waals surface area contributed by atoms with Crippen molar-refractivity contribution in [3.63, 3.8) is 0 Å². The predicted octanol–water partition coefficient (Wildman–Crippen LogP) is 2.61. The van der Waals surface area contributed by atoms with Crippen LogP contribution in [0.3, 0.4) is 0 Å².